The summed E-state index contributed by atoms with van der Waals surface area (Å²) in [4.78, 5) is 14.7. The Labute approximate surface area is 145 Å². The van der Waals surface area contributed by atoms with E-state index in [1.165, 1.54) is 12.1 Å². The van der Waals surface area contributed by atoms with Gasteiger partial charge in [-0.25, -0.2) is 4.39 Å². The first-order valence-corrected chi connectivity index (χ1v) is 8.10. The SMILES string of the molecule is COc1ccccc1C1CNCCN1C(=O)c1cccc(F)c1Cl. The third-order valence-electron chi connectivity index (χ3n) is 4.18. The summed E-state index contributed by atoms with van der Waals surface area (Å²) in [5, 5.41) is 3.15. The summed E-state index contributed by atoms with van der Waals surface area (Å²) in [5.41, 5.74) is 1.09. The van der Waals surface area contributed by atoms with Crippen molar-refractivity contribution in [1.29, 1.82) is 0 Å². The number of methoxy groups -OCH3 is 1. The summed E-state index contributed by atoms with van der Waals surface area (Å²) < 4.78 is 19.1. The van der Waals surface area contributed by atoms with E-state index in [1.807, 2.05) is 24.3 Å². The fraction of sp³-hybridized carbons (Fsp3) is 0.278. The molecule has 0 radical (unpaired) electrons. The molecule has 0 aromatic heterocycles. The Morgan fingerprint density at radius 3 is 2.88 bits per heavy atom. The zero-order valence-corrected chi connectivity index (χ0v) is 14.0. The van der Waals surface area contributed by atoms with Crippen molar-refractivity contribution in [2.45, 2.75) is 6.04 Å². The second-order valence-electron chi connectivity index (χ2n) is 5.56. The average molecular weight is 349 g/mol. The molecule has 1 atom stereocenters. The monoisotopic (exact) mass is 348 g/mol. The molecule has 1 heterocycles. The first-order chi connectivity index (χ1) is 11.6. The first kappa shape index (κ1) is 16.7. The van der Waals surface area contributed by atoms with Crippen LogP contribution in [-0.2, 0) is 0 Å². The third-order valence-corrected chi connectivity index (χ3v) is 4.57. The summed E-state index contributed by atoms with van der Waals surface area (Å²) in [6.07, 6.45) is 0. The minimum absolute atomic E-state index is 0.139. The van der Waals surface area contributed by atoms with Gasteiger partial charge in [-0.05, 0) is 18.2 Å². The number of rotatable bonds is 3. The Morgan fingerprint density at radius 2 is 2.08 bits per heavy atom. The van der Waals surface area contributed by atoms with Gasteiger partial charge in [-0.3, -0.25) is 4.79 Å². The highest BCUT2D eigenvalue weighted by molar-refractivity contribution is 6.34. The summed E-state index contributed by atoms with van der Waals surface area (Å²) in [6, 6.07) is 11.7. The number of carbonyl (C=O) groups is 1. The molecular formula is C18H18ClFN2O2. The Bertz CT molecular complexity index is 754. The van der Waals surface area contributed by atoms with E-state index in [2.05, 4.69) is 5.32 Å². The smallest absolute Gasteiger partial charge is 0.256 e. The maximum absolute atomic E-state index is 13.7. The number of carbonyl (C=O) groups excluding carboxylic acids is 1. The van der Waals surface area contributed by atoms with E-state index in [4.69, 9.17) is 16.3 Å². The van der Waals surface area contributed by atoms with Crippen LogP contribution in [0.3, 0.4) is 0 Å². The fourth-order valence-electron chi connectivity index (χ4n) is 2.99. The van der Waals surface area contributed by atoms with Crippen molar-refractivity contribution in [3.8, 4) is 5.75 Å². The van der Waals surface area contributed by atoms with Crippen molar-refractivity contribution in [1.82, 2.24) is 10.2 Å². The zero-order chi connectivity index (χ0) is 17.1. The number of para-hydroxylation sites is 1. The molecule has 1 unspecified atom stereocenters. The average Bonchev–Trinajstić information content (AvgIpc) is 2.63. The number of piperazine rings is 1. The quantitative estimate of drug-likeness (QED) is 0.925. The van der Waals surface area contributed by atoms with Gasteiger partial charge in [0.2, 0.25) is 0 Å². The largest absolute Gasteiger partial charge is 0.496 e. The van der Waals surface area contributed by atoms with E-state index in [1.54, 1.807) is 18.1 Å². The van der Waals surface area contributed by atoms with Crippen LogP contribution in [0.1, 0.15) is 22.0 Å². The van der Waals surface area contributed by atoms with Crippen LogP contribution in [-0.4, -0.2) is 37.6 Å². The first-order valence-electron chi connectivity index (χ1n) is 7.72. The summed E-state index contributed by atoms with van der Waals surface area (Å²) in [6.45, 7) is 1.78. The number of amides is 1. The number of nitrogens with one attached hydrogen (secondary N) is 1. The van der Waals surface area contributed by atoms with Crippen LogP contribution in [0.2, 0.25) is 5.02 Å². The van der Waals surface area contributed by atoms with Gasteiger partial charge in [-0.1, -0.05) is 35.9 Å². The van der Waals surface area contributed by atoms with Crippen molar-refractivity contribution in [2.24, 2.45) is 0 Å². The molecule has 0 aliphatic carbocycles. The van der Waals surface area contributed by atoms with Gasteiger partial charge in [0, 0.05) is 25.2 Å². The number of ether oxygens (including phenoxy) is 1. The van der Waals surface area contributed by atoms with Gasteiger partial charge in [-0.2, -0.15) is 0 Å². The number of nitrogens with zero attached hydrogens (tertiary/aromatic N) is 1. The van der Waals surface area contributed by atoms with Crippen LogP contribution < -0.4 is 10.1 Å². The second-order valence-corrected chi connectivity index (χ2v) is 5.94. The molecule has 2 aromatic carbocycles. The van der Waals surface area contributed by atoms with Crippen LogP contribution in [0.4, 0.5) is 4.39 Å². The zero-order valence-electron chi connectivity index (χ0n) is 13.3. The van der Waals surface area contributed by atoms with Crippen molar-refractivity contribution < 1.29 is 13.9 Å². The van der Waals surface area contributed by atoms with E-state index in [-0.39, 0.29) is 22.5 Å². The van der Waals surface area contributed by atoms with E-state index < -0.39 is 5.82 Å². The van der Waals surface area contributed by atoms with Gasteiger partial charge in [0.25, 0.3) is 5.91 Å². The Kier molecular flexibility index (Phi) is 5.02. The lowest BCUT2D eigenvalue weighted by Crippen LogP contribution is -2.48. The molecular weight excluding hydrogens is 331 g/mol. The highest BCUT2D eigenvalue weighted by Gasteiger charge is 2.31. The highest BCUT2D eigenvalue weighted by Crippen LogP contribution is 2.32. The van der Waals surface area contributed by atoms with Crippen LogP contribution in [0, 0.1) is 5.82 Å². The molecule has 6 heteroatoms. The van der Waals surface area contributed by atoms with Gasteiger partial charge in [0.1, 0.15) is 11.6 Å². The molecule has 1 saturated heterocycles. The van der Waals surface area contributed by atoms with E-state index in [9.17, 15) is 9.18 Å². The van der Waals surface area contributed by atoms with E-state index in [0.29, 0.717) is 25.4 Å². The number of hydrogen-bond acceptors (Lipinski definition) is 3. The van der Waals surface area contributed by atoms with Crippen LogP contribution >= 0.6 is 11.6 Å². The Morgan fingerprint density at radius 1 is 1.29 bits per heavy atom. The van der Waals surface area contributed by atoms with Gasteiger partial charge in [-0.15, -0.1) is 0 Å². The molecule has 1 aliphatic rings. The van der Waals surface area contributed by atoms with Gasteiger partial charge in [0.05, 0.1) is 23.7 Å². The summed E-state index contributed by atoms with van der Waals surface area (Å²) in [5.74, 6) is -0.155. The predicted molar refractivity (Wildman–Crippen MR) is 91.1 cm³/mol. The lowest BCUT2D eigenvalue weighted by molar-refractivity contribution is 0.0631. The van der Waals surface area contributed by atoms with E-state index >= 15 is 0 Å². The van der Waals surface area contributed by atoms with Crippen LogP contribution in [0.5, 0.6) is 5.75 Å². The fourth-order valence-corrected chi connectivity index (χ4v) is 3.20. The highest BCUT2D eigenvalue weighted by atomic mass is 35.5. The van der Waals surface area contributed by atoms with Crippen molar-refractivity contribution >= 4 is 17.5 Å². The number of halogens is 2. The molecule has 2 aromatic rings. The molecule has 126 valence electrons. The molecule has 1 fully saturated rings. The molecule has 1 aliphatic heterocycles. The maximum atomic E-state index is 13.7. The van der Waals surface area contributed by atoms with Gasteiger partial charge >= 0.3 is 0 Å². The van der Waals surface area contributed by atoms with Gasteiger partial charge < -0.3 is 15.0 Å². The minimum Gasteiger partial charge on any atom is -0.496 e. The lowest BCUT2D eigenvalue weighted by atomic mass is 10.0. The molecule has 0 saturated carbocycles. The van der Waals surface area contributed by atoms with Crippen LogP contribution in [0.25, 0.3) is 0 Å². The molecule has 0 spiro atoms. The van der Waals surface area contributed by atoms with Crippen molar-refractivity contribution in [2.75, 3.05) is 26.7 Å². The molecule has 4 nitrogen and oxygen atoms in total. The molecule has 1 amide bonds. The molecule has 24 heavy (non-hydrogen) atoms. The van der Waals surface area contributed by atoms with Crippen LogP contribution in [0.15, 0.2) is 42.5 Å². The van der Waals surface area contributed by atoms with Crippen molar-refractivity contribution in [3.05, 3.63) is 64.4 Å². The molecule has 3 rings (SSSR count). The Balaban J connectivity index is 1.98. The number of benzene rings is 2. The minimum atomic E-state index is -0.591. The number of hydrogen-bond donors (Lipinski definition) is 1. The third kappa shape index (κ3) is 3.09. The normalized spacial score (nSPS) is 17.6. The maximum Gasteiger partial charge on any atom is 0.256 e. The summed E-state index contributed by atoms with van der Waals surface area (Å²) >= 11 is 6.00. The Hall–Kier alpha value is -2.11. The lowest BCUT2D eigenvalue weighted by Gasteiger charge is -2.37. The van der Waals surface area contributed by atoms with E-state index in [0.717, 1.165) is 5.56 Å². The topological polar surface area (TPSA) is 41.6 Å². The molecule has 0 bridgehead atoms. The molecule has 1 N–H and O–H groups in total. The van der Waals surface area contributed by atoms with Crippen molar-refractivity contribution in [3.63, 3.8) is 0 Å². The second kappa shape index (κ2) is 7.20. The summed E-state index contributed by atoms with van der Waals surface area (Å²) in [7, 11) is 1.60. The standard InChI is InChI=1S/C18H18ClFN2O2/c1-24-16-8-3-2-5-12(16)15-11-21-9-10-22(15)18(23)13-6-4-7-14(20)17(13)19/h2-8,15,21H,9-11H2,1H3. The van der Waals surface area contributed by atoms with Gasteiger partial charge in [0.15, 0.2) is 0 Å². The predicted octanol–water partition coefficient (Wildman–Crippen LogP) is 3.27.